The predicted molar refractivity (Wildman–Crippen MR) is 106 cm³/mol. The highest BCUT2D eigenvalue weighted by atomic mass is 19.1. The van der Waals surface area contributed by atoms with Gasteiger partial charge in [-0.2, -0.15) is 0 Å². The fourth-order valence-electron chi connectivity index (χ4n) is 6.36. The summed E-state index contributed by atoms with van der Waals surface area (Å²) in [6.45, 7) is 5.14. The number of hydrogen-bond donors (Lipinski definition) is 2. The Morgan fingerprint density at radius 1 is 1.21 bits per heavy atom. The molecule has 1 amide bonds. The number of nitrogens with one attached hydrogen (secondary N) is 2. The molecule has 158 valence electrons. The highest BCUT2D eigenvalue weighted by Gasteiger charge is 2.49. The molecule has 5 rings (SSSR count). The molecular formula is C22H36FN3O2. The van der Waals surface area contributed by atoms with Crippen LogP contribution in [0.1, 0.15) is 64.7 Å². The molecule has 2 saturated heterocycles. The van der Waals surface area contributed by atoms with E-state index in [4.69, 9.17) is 4.74 Å². The van der Waals surface area contributed by atoms with E-state index in [0.717, 1.165) is 39.0 Å². The van der Waals surface area contributed by atoms with Crippen molar-refractivity contribution in [2.24, 2.45) is 11.8 Å². The zero-order valence-electron chi connectivity index (χ0n) is 17.2. The molecule has 3 saturated carbocycles. The van der Waals surface area contributed by atoms with Crippen molar-refractivity contribution in [1.29, 1.82) is 0 Å². The van der Waals surface area contributed by atoms with E-state index in [0.29, 0.717) is 24.8 Å². The topological polar surface area (TPSA) is 53.6 Å². The van der Waals surface area contributed by atoms with Gasteiger partial charge in [0.05, 0.1) is 18.2 Å². The van der Waals surface area contributed by atoms with E-state index >= 15 is 0 Å². The molecule has 2 N–H and O–H groups in total. The third kappa shape index (κ3) is 3.72. The first-order valence-electron chi connectivity index (χ1n) is 11.6. The molecule has 1 spiro atoms. The minimum absolute atomic E-state index is 0.0154. The van der Waals surface area contributed by atoms with E-state index in [9.17, 15) is 9.18 Å². The van der Waals surface area contributed by atoms with Gasteiger partial charge in [0.1, 0.15) is 6.17 Å². The van der Waals surface area contributed by atoms with Gasteiger partial charge < -0.3 is 15.4 Å². The molecule has 0 bridgehead atoms. The Labute approximate surface area is 168 Å². The third-order valence-electron chi connectivity index (χ3n) is 8.25. The zero-order chi connectivity index (χ0) is 19.3. The van der Waals surface area contributed by atoms with Crippen LogP contribution >= 0.6 is 0 Å². The first-order chi connectivity index (χ1) is 13.5. The van der Waals surface area contributed by atoms with Gasteiger partial charge in [-0.05, 0) is 63.7 Å². The summed E-state index contributed by atoms with van der Waals surface area (Å²) >= 11 is 0. The molecule has 7 atom stereocenters. The van der Waals surface area contributed by atoms with Crippen molar-refractivity contribution >= 4 is 5.91 Å². The van der Waals surface area contributed by atoms with Gasteiger partial charge in [-0.15, -0.1) is 0 Å². The maximum Gasteiger partial charge on any atom is 0.237 e. The molecule has 6 heteroatoms. The van der Waals surface area contributed by atoms with Gasteiger partial charge >= 0.3 is 0 Å². The zero-order valence-corrected chi connectivity index (χ0v) is 17.2. The van der Waals surface area contributed by atoms with Gasteiger partial charge in [-0.25, -0.2) is 4.39 Å². The molecule has 0 aromatic heterocycles. The Balaban J connectivity index is 1.15. The summed E-state index contributed by atoms with van der Waals surface area (Å²) in [5.41, 5.74) is 0.165. The number of carbonyl (C=O) groups is 1. The van der Waals surface area contributed by atoms with Crippen LogP contribution in [0.25, 0.3) is 0 Å². The summed E-state index contributed by atoms with van der Waals surface area (Å²) in [5, 5.41) is 6.80. The maximum atomic E-state index is 14.3. The minimum atomic E-state index is -0.748. The van der Waals surface area contributed by atoms with Gasteiger partial charge in [0.15, 0.2) is 0 Å². The number of hydrogen-bond acceptors (Lipinski definition) is 4. The first kappa shape index (κ1) is 19.3. The first-order valence-corrected chi connectivity index (χ1v) is 11.6. The van der Waals surface area contributed by atoms with Crippen molar-refractivity contribution < 1.29 is 13.9 Å². The molecule has 0 radical (unpaired) electrons. The van der Waals surface area contributed by atoms with Crippen LogP contribution in [0, 0.1) is 11.8 Å². The number of amides is 1. The van der Waals surface area contributed by atoms with Gasteiger partial charge in [0.25, 0.3) is 0 Å². The van der Waals surface area contributed by atoms with E-state index in [2.05, 4.69) is 22.5 Å². The van der Waals surface area contributed by atoms with Crippen LogP contribution in [0.4, 0.5) is 4.39 Å². The molecule has 5 aliphatic rings. The summed E-state index contributed by atoms with van der Waals surface area (Å²) < 4.78 is 20.3. The van der Waals surface area contributed by atoms with Crippen LogP contribution in [-0.4, -0.2) is 66.4 Å². The molecule has 28 heavy (non-hydrogen) atoms. The summed E-state index contributed by atoms with van der Waals surface area (Å²) in [7, 11) is 0. The summed E-state index contributed by atoms with van der Waals surface area (Å²) in [6.07, 6.45) is 8.43. The van der Waals surface area contributed by atoms with E-state index in [1.165, 1.54) is 25.7 Å². The van der Waals surface area contributed by atoms with E-state index in [1.54, 1.807) is 0 Å². The number of carbonyl (C=O) groups excluding carboxylic acids is 1. The molecule has 2 heterocycles. The van der Waals surface area contributed by atoms with E-state index in [-0.39, 0.29) is 35.6 Å². The summed E-state index contributed by atoms with van der Waals surface area (Å²) in [5.74, 6) is 0.576. The summed E-state index contributed by atoms with van der Waals surface area (Å²) in [6, 6.07) is 0.774. The number of fused-ring (bicyclic) bond motifs is 1. The fraction of sp³-hybridized carbons (Fsp3) is 0.955. The highest BCUT2D eigenvalue weighted by molar-refractivity contribution is 5.82. The number of halogens is 1. The molecule has 5 nitrogen and oxygen atoms in total. The van der Waals surface area contributed by atoms with Crippen LogP contribution < -0.4 is 10.6 Å². The van der Waals surface area contributed by atoms with Crippen molar-refractivity contribution in [3.05, 3.63) is 0 Å². The molecule has 2 aliphatic heterocycles. The molecular weight excluding hydrogens is 357 g/mol. The van der Waals surface area contributed by atoms with E-state index < -0.39 is 6.17 Å². The molecule has 5 fully saturated rings. The standard InChI is InChI=1S/C22H36FN3O2/c1-14-5-6-18(23)17-12-19(25-20(14)17)21(27)24-15-3-2-4-16(11-15)26-9-10-28-22(13-26)7-8-22/h14-20,25H,2-13H2,1H3,(H,24,27). The Morgan fingerprint density at radius 3 is 2.86 bits per heavy atom. The Kier molecular flexibility index (Phi) is 5.17. The Hall–Kier alpha value is -0.720. The average molecular weight is 394 g/mol. The maximum absolute atomic E-state index is 14.3. The van der Waals surface area contributed by atoms with Crippen molar-refractivity contribution in [2.45, 2.75) is 101 Å². The van der Waals surface area contributed by atoms with Crippen molar-refractivity contribution in [1.82, 2.24) is 15.5 Å². The van der Waals surface area contributed by atoms with Gasteiger partial charge in [-0.1, -0.05) is 6.92 Å². The van der Waals surface area contributed by atoms with Crippen molar-refractivity contribution in [3.63, 3.8) is 0 Å². The van der Waals surface area contributed by atoms with Gasteiger partial charge in [0.2, 0.25) is 5.91 Å². The molecule has 0 aromatic rings. The van der Waals surface area contributed by atoms with Crippen molar-refractivity contribution in [2.75, 3.05) is 19.7 Å². The lowest BCUT2D eigenvalue weighted by Crippen LogP contribution is -2.54. The van der Waals surface area contributed by atoms with E-state index in [1.807, 2.05) is 0 Å². The smallest absolute Gasteiger partial charge is 0.237 e. The lowest BCUT2D eigenvalue weighted by Gasteiger charge is -2.42. The number of ether oxygens (including phenoxy) is 1. The van der Waals surface area contributed by atoms with Gasteiger partial charge in [-0.3, -0.25) is 9.69 Å². The predicted octanol–water partition coefficient (Wildman–Crippen LogP) is 2.39. The average Bonchev–Trinajstić information content (AvgIpc) is 3.27. The number of rotatable bonds is 3. The highest BCUT2D eigenvalue weighted by Crippen LogP contribution is 2.43. The second-order valence-electron chi connectivity index (χ2n) is 10.2. The summed E-state index contributed by atoms with van der Waals surface area (Å²) in [4.78, 5) is 15.6. The molecule has 7 unspecified atom stereocenters. The molecule has 0 aromatic carbocycles. The molecule has 3 aliphatic carbocycles. The van der Waals surface area contributed by atoms with Crippen LogP contribution in [0.5, 0.6) is 0 Å². The fourth-order valence-corrected chi connectivity index (χ4v) is 6.36. The van der Waals surface area contributed by atoms with Crippen LogP contribution in [0.2, 0.25) is 0 Å². The SMILES string of the molecule is CC1CCC(F)C2CC(C(=O)NC3CCCC(N4CCOC5(CC5)C4)C3)NC12. The monoisotopic (exact) mass is 393 g/mol. The second-order valence-corrected chi connectivity index (χ2v) is 10.2. The largest absolute Gasteiger partial charge is 0.372 e. The van der Waals surface area contributed by atoms with Crippen LogP contribution in [0.3, 0.4) is 0 Å². The number of morpholine rings is 1. The normalized spacial score (nSPS) is 45.6. The Morgan fingerprint density at radius 2 is 2.07 bits per heavy atom. The minimum Gasteiger partial charge on any atom is -0.372 e. The lowest BCUT2D eigenvalue weighted by atomic mass is 9.77. The second kappa shape index (κ2) is 7.51. The Bertz CT molecular complexity index is 580. The van der Waals surface area contributed by atoms with Crippen LogP contribution in [0.15, 0.2) is 0 Å². The third-order valence-corrected chi connectivity index (χ3v) is 8.25. The lowest BCUT2D eigenvalue weighted by molar-refractivity contribution is -0.124. The van der Waals surface area contributed by atoms with Crippen LogP contribution in [-0.2, 0) is 9.53 Å². The van der Waals surface area contributed by atoms with Gasteiger partial charge in [0, 0.05) is 37.1 Å². The van der Waals surface area contributed by atoms with Crippen molar-refractivity contribution in [3.8, 4) is 0 Å². The number of alkyl halides is 1. The quantitative estimate of drug-likeness (QED) is 0.773. The number of nitrogens with zero attached hydrogens (tertiary/aromatic N) is 1.